The molecular formula is C20H22O5. The van der Waals surface area contributed by atoms with Crippen LogP contribution in [-0.4, -0.2) is 32.1 Å². The summed E-state index contributed by atoms with van der Waals surface area (Å²) in [5.74, 6) is 0.105. The normalized spacial score (nSPS) is 11.5. The first kappa shape index (κ1) is 18.5. The Morgan fingerprint density at radius 1 is 0.920 bits per heavy atom. The maximum absolute atomic E-state index is 12.4. The number of benzene rings is 2. The second-order valence-electron chi connectivity index (χ2n) is 5.53. The molecule has 0 saturated heterocycles. The Labute approximate surface area is 147 Å². The summed E-state index contributed by atoms with van der Waals surface area (Å²) in [7, 11) is 3.00. The molecule has 0 radical (unpaired) electrons. The fourth-order valence-electron chi connectivity index (χ4n) is 2.38. The fraction of sp³-hybridized carbons (Fsp3) is 0.300. The van der Waals surface area contributed by atoms with E-state index in [0.29, 0.717) is 22.6 Å². The Morgan fingerprint density at radius 3 is 2.08 bits per heavy atom. The number of methoxy groups -OCH3 is 2. The highest BCUT2D eigenvalue weighted by molar-refractivity contribution is 6.01. The third kappa shape index (κ3) is 4.38. The Bertz CT molecular complexity index is 749. The van der Waals surface area contributed by atoms with Crippen LogP contribution in [0.1, 0.15) is 40.1 Å². The average molecular weight is 342 g/mol. The number of aryl methyl sites for hydroxylation is 1. The zero-order valence-electron chi connectivity index (χ0n) is 14.9. The summed E-state index contributed by atoms with van der Waals surface area (Å²) < 4.78 is 15.6. The van der Waals surface area contributed by atoms with Crippen molar-refractivity contribution in [1.29, 1.82) is 0 Å². The van der Waals surface area contributed by atoms with Crippen molar-refractivity contribution in [2.45, 2.75) is 26.4 Å². The Morgan fingerprint density at radius 2 is 1.52 bits per heavy atom. The largest absolute Gasteiger partial charge is 0.493 e. The van der Waals surface area contributed by atoms with E-state index in [-0.39, 0.29) is 5.78 Å². The van der Waals surface area contributed by atoms with Gasteiger partial charge in [0, 0.05) is 5.56 Å². The molecule has 2 rings (SSSR count). The van der Waals surface area contributed by atoms with Gasteiger partial charge in [0.25, 0.3) is 0 Å². The molecular weight excluding hydrogens is 320 g/mol. The van der Waals surface area contributed by atoms with Crippen molar-refractivity contribution in [3.63, 3.8) is 0 Å². The topological polar surface area (TPSA) is 61.8 Å². The van der Waals surface area contributed by atoms with Crippen molar-refractivity contribution in [3.8, 4) is 11.5 Å². The molecule has 5 nitrogen and oxygen atoms in total. The van der Waals surface area contributed by atoms with Crippen LogP contribution in [0.5, 0.6) is 11.5 Å². The molecule has 0 aromatic heterocycles. The lowest BCUT2D eigenvalue weighted by Gasteiger charge is -2.14. The Kier molecular flexibility index (Phi) is 6.17. The lowest BCUT2D eigenvalue weighted by Crippen LogP contribution is -2.24. The zero-order chi connectivity index (χ0) is 18.4. The van der Waals surface area contributed by atoms with E-state index in [1.54, 1.807) is 31.2 Å². The number of hydrogen-bond acceptors (Lipinski definition) is 5. The van der Waals surface area contributed by atoms with Gasteiger partial charge in [0.05, 0.1) is 19.8 Å². The lowest BCUT2D eigenvalue weighted by atomic mass is 10.0. The van der Waals surface area contributed by atoms with Crippen LogP contribution in [-0.2, 0) is 11.2 Å². The van der Waals surface area contributed by atoms with E-state index in [1.165, 1.54) is 20.3 Å². The van der Waals surface area contributed by atoms with Crippen molar-refractivity contribution in [2.75, 3.05) is 14.2 Å². The van der Waals surface area contributed by atoms with Gasteiger partial charge in [0.1, 0.15) is 0 Å². The molecule has 0 unspecified atom stereocenters. The first-order valence-corrected chi connectivity index (χ1v) is 8.06. The molecule has 0 fully saturated rings. The summed E-state index contributed by atoms with van der Waals surface area (Å²) in [6.07, 6.45) is 0.0197. The zero-order valence-corrected chi connectivity index (χ0v) is 14.9. The predicted octanol–water partition coefficient (Wildman–Crippen LogP) is 3.69. The number of rotatable bonds is 7. The summed E-state index contributed by atoms with van der Waals surface area (Å²) in [4.78, 5) is 24.7. The maximum atomic E-state index is 12.4. The summed E-state index contributed by atoms with van der Waals surface area (Å²) in [5.41, 5.74) is 1.95. The predicted molar refractivity (Wildman–Crippen MR) is 94.6 cm³/mol. The highest BCUT2D eigenvalue weighted by atomic mass is 16.5. The van der Waals surface area contributed by atoms with Crippen molar-refractivity contribution < 1.29 is 23.8 Å². The molecule has 0 aliphatic heterocycles. The van der Waals surface area contributed by atoms with Crippen molar-refractivity contribution in [2.24, 2.45) is 0 Å². The molecule has 132 valence electrons. The number of hydrogen-bond donors (Lipinski definition) is 0. The van der Waals surface area contributed by atoms with Crippen LogP contribution in [0.15, 0.2) is 42.5 Å². The van der Waals surface area contributed by atoms with Crippen molar-refractivity contribution in [3.05, 3.63) is 59.2 Å². The van der Waals surface area contributed by atoms with Gasteiger partial charge in [-0.1, -0.05) is 31.2 Å². The van der Waals surface area contributed by atoms with Gasteiger partial charge < -0.3 is 14.2 Å². The first-order valence-electron chi connectivity index (χ1n) is 8.06. The van der Waals surface area contributed by atoms with Gasteiger partial charge in [-0.15, -0.1) is 0 Å². The number of Topliss-reactive ketones (excluding diaryl/α,β-unsaturated/α-hetero) is 1. The minimum absolute atomic E-state index is 0.239. The molecule has 0 saturated carbocycles. The van der Waals surface area contributed by atoms with Crippen LogP contribution >= 0.6 is 0 Å². The van der Waals surface area contributed by atoms with Crippen LogP contribution < -0.4 is 9.47 Å². The molecule has 0 heterocycles. The number of carbonyl (C=O) groups is 2. The number of carbonyl (C=O) groups excluding carboxylic acids is 2. The van der Waals surface area contributed by atoms with Crippen LogP contribution in [0, 0.1) is 0 Å². The number of ether oxygens (including phenoxy) is 3. The van der Waals surface area contributed by atoms with Crippen molar-refractivity contribution >= 4 is 11.8 Å². The third-order valence-electron chi connectivity index (χ3n) is 3.92. The standard InChI is InChI=1S/C20H22O5/c1-5-14-6-8-15(9-7-14)19(21)13(2)25-20(22)16-10-11-17(23-3)18(12-16)24-4/h6-13H,5H2,1-4H3/t13-/m0/s1. The second-order valence-corrected chi connectivity index (χ2v) is 5.53. The first-order chi connectivity index (χ1) is 12.0. The number of esters is 1. The van der Waals surface area contributed by atoms with Crippen LogP contribution in [0.4, 0.5) is 0 Å². The van der Waals surface area contributed by atoms with Gasteiger partial charge in [0.15, 0.2) is 17.6 Å². The highest BCUT2D eigenvalue weighted by Crippen LogP contribution is 2.28. The minimum atomic E-state index is -0.881. The van der Waals surface area contributed by atoms with Gasteiger partial charge in [-0.25, -0.2) is 4.79 Å². The Hall–Kier alpha value is -2.82. The van der Waals surface area contributed by atoms with Crippen LogP contribution in [0.25, 0.3) is 0 Å². The summed E-state index contributed by atoms with van der Waals surface area (Å²) in [6.45, 7) is 3.61. The summed E-state index contributed by atoms with van der Waals surface area (Å²) >= 11 is 0. The summed E-state index contributed by atoms with van der Waals surface area (Å²) in [6, 6.07) is 12.0. The molecule has 2 aromatic rings. The lowest BCUT2D eigenvalue weighted by molar-refractivity contribution is 0.0318. The number of ketones is 1. The highest BCUT2D eigenvalue weighted by Gasteiger charge is 2.21. The van der Waals surface area contributed by atoms with E-state index in [9.17, 15) is 9.59 Å². The molecule has 0 aliphatic rings. The van der Waals surface area contributed by atoms with E-state index in [0.717, 1.165) is 12.0 Å². The average Bonchev–Trinajstić information content (AvgIpc) is 2.66. The van der Waals surface area contributed by atoms with Gasteiger partial charge in [0.2, 0.25) is 5.78 Å². The van der Waals surface area contributed by atoms with E-state index in [4.69, 9.17) is 14.2 Å². The second kappa shape index (κ2) is 8.33. The third-order valence-corrected chi connectivity index (χ3v) is 3.92. The molecule has 25 heavy (non-hydrogen) atoms. The minimum Gasteiger partial charge on any atom is -0.493 e. The monoisotopic (exact) mass is 342 g/mol. The van der Waals surface area contributed by atoms with Crippen LogP contribution in [0.3, 0.4) is 0 Å². The molecule has 5 heteroatoms. The van der Waals surface area contributed by atoms with Gasteiger partial charge in [-0.3, -0.25) is 4.79 Å². The molecule has 1 atom stereocenters. The van der Waals surface area contributed by atoms with Crippen molar-refractivity contribution in [1.82, 2.24) is 0 Å². The molecule has 0 bridgehead atoms. The maximum Gasteiger partial charge on any atom is 0.338 e. The quantitative estimate of drug-likeness (QED) is 0.567. The molecule has 0 N–H and O–H groups in total. The smallest absolute Gasteiger partial charge is 0.338 e. The van der Waals surface area contributed by atoms with Gasteiger partial charge >= 0.3 is 5.97 Å². The molecule has 2 aromatic carbocycles. The van der Waals surface area contributed by atoms with E-state index >= 15 is 0 Å². The molecule has 0 aliphatic carbocycles. The SMILES string of the molecule is CCc1ccc(C(=O)[C@H](C)OC(=O)c2ccc(OC)c(OC)c2)cc1. The molecule has 0 amide bonds. The van der Waals surface area contributed by atoms with Gasteiger partial charge in [-0.2, -0.15) is 0 Å². The van der Waals surface area contributed by atoms with Crippen LogP contribution in [0.2, 0.25) is 0 Å². The summed E-state index contributed by atoms with van der Waals surface area (Å²) in [5, 5.41) is 0. The molecule has 0 spiro atoms. The van der Waals surface area contributed by atoms with E-state index < -0.39 is 12.1 Å². The van der Waals surface area contributed by atoms with E-state index in [1.807, 2.05) is 19.1 Å². The van der Waals surface area contributed by atoms with Gasteiger partial charge in [-0.05, 0) is 37.1 Å². The van der Waals surface area contributed by atoms with E-state index in [2.05, 4.69) is 0 Å². The fourth-order valence-corrected chi connectivity index (χ4v) is 2.38. The Balaban J connectivity index is 2.09.